The highest BCUT2D eigenvalue weighted by molar-refractivity contribution is 7.98. The zero-order valence-electron chi connectivity index (χ0n) is 13.8. The topological polar surface area (TPSA) is 75.9 Å². The van der Waals surface area contributed by atoms with Crippen molar-refractivity contribution in [3.05, 3.63) is 75.4 Å². The molecule has 0 saturated carbocycles. The number of halogens is 1. The molecule has 0 fully saturated rings. The molecule has 0 saturated heterocycles. The van der Waals surface area contributed by atoms with Crippen molar-refractivity contribution in [3.63, 3.8) is 0 Å². The molecule has 4 aromatic rings. The summed E-state index contributed by atoms with van der Waals surface area (Å²) in [5.41, 5.74) is 3.97. The summed E-state index contributed by atoms with van der Waals surface area (Å²) in [7, 11) is 0. The molecule has 4 rings (SSSR count). The Labute approximate surface area is 158 Å². The minimum absolute atomic E-state index is 0.149. The van der Waals surface area contributed by atoms with Crippen molar-refractivity contribution in [2.45, 2.75) is 17.8 Å². The Balaban J connectivity index is 1.60. The average Bonchev–Trinajstić information content (AvgIpc) is 3.00. The van der Waals surface area contributed by atoms with Crippen LogP contribution in [0.2, 0.25) is 5.02 Å². The van der Waals surface area contributed by atoms with Crippen LogP contribution in [-0.4, -0.2) is 24.6 Å². The van der Waals surface area contributed by atoms with Gasteiger partial charge < -0.3 is 4.98 Å². The number of thioether (sulfide) groups is 1. The van der Waals surface area contributed by atoms with Gasteiger partial charge in [-0.1, -0.05) is 35.5 Å². The van der Waals surface area contributed by atoms with Crippen LogP contribution in [0.3, 0.4) is 0 Å². The van der Waals surface area contributed by atoms with Gasteiger partial charge in [-0.3, -0.25) is 4.79 Å². The third-order valence-corrected chi connectivity index (χ3v) is 4.92. The number of benzene rings is 1. The van der Waals surface area contributed by atoms with Gasteiger partial charge in [-0.05, 0) is 25.1 Å². The molecule has 0 spiro atoms. The highest BCUT2D eigenvalue weighted by atomic mass is 35.5. The molecular formula is C18H14ClN5OS. The number of nitrogens with zero attached hydrogens (tertiary/aromatic N) is 4. The SMILES string of the molecule is Cc1cc2[nH]c(=O)cc(CSc3nccc(-c4ccc(Cl)cc4)n3)n2n1. The summed E-state index contributed by atoms with van der Waals surface area (Å²) < 4.78 is 1.74. The van der Waals surface area contributed by atoms with Crippen molar-refractivity contribution in [2.24, 2.45) is 0 Å². The van der Waals surface area contributed by atoms with E-state index in [-0.39, 0.29) is 5.56 Å². The highest BCUT2D eigenvalue weighted by Gasteiger charge is 2.09. The van der Waals surface area contributed by atoms with E-state index < -0.39 is 0 Å². The maximum atomic E-state index is 11.8. The third kappa shape index (κ3) is 3.49. The first kappa shape index (κ1) is 16.8. The van der Waals surface area contributed by atoms with Gasteiger partial charge in [0.05, 0.1) is 17.1 Å². The van der Waals surface area contributed by atoms with Crippen molar-refractivity contribution >= 4 is 29.0 Å². The highest BCUT2D eigenvalue weighted by Crippen LogP contribution is 2.23. The molecule has 3 aromatic heterocycles. The fourth-order valence-corrected chi connectivity index (χ4v) is 3.52. The van der Waals surface area contributed by atoms with Gasteiger partial charge in [0.25, 0.3) is 5.56 Å². The Morgan fingerprint density at radius 1 is 1.19 bits per heavy atom. The summed E-state index contributed by atoms with van der Waals surface area (Å²) in [5, 5.41) is 5.74. The van der Waals surface area contributed by atoms with Crippen LogP contribution in [-0.2, 0) is 5.75 Å². The second kappa shape index (κ2) is 6.93. The molecule has 8 heteroatoms. The van der Waals surface area contributed by atoms with E-state index in [1.807, 2.05) is 43.3 Å². The lowest BCUT2D eigenvalue weighted by atomic mass is 10.1. The molecule has 0 radical (unpaired) electrons. The number of hydrogen-bond donors (Lipinski definition) is 1. The fourth-order valence-electron chi connectivity index (χ4n) is 2.62. The zero-order chi connectivity index (χ0) is 18.1. The number of aromatic nitrogens is 5. The van der Waals surface area contributed by atoms with Gasteiger partial charge >= 0.3 is 0 Å². The van der Waals surface area contributed by atoms with Gasteiger partial charge in [0.15, 0.2) is 5.16 Å². The first-order chi connectivity index (χ1) is 12.6. The van der Waals surface area contributed by atoms with Crippen molar-refractivity contribution in [1.82, 2.24) is 24.6 Å². The lowest BCUT2D eigenvalue weighted by molar-refractivity contribution is 0.862. The first-order valence-electron chi connectivity index (χ1n) is 7.89. The van der Waals surface area contributed by atoms with Crippen LogP contribution in [0.4, 0.5) is 0 Å². The molecule has 26 heavy (non-hydrogen) atoms. The first-order valence-corrected chi connectivity index (χ1v) is 9.25. The Bertz CT molecular complexity index is 1140. The molecule has 0 amide bonds. The molecule has 130 valence electrons. The molecule has 1 N–H and O–H groups in total. The molecule has 0 bridgehead atoms. The standard InChI is InChI=1S/C18H14ClN5OS/c1-11-8-16-22-17(25)9-14(24(16)23-11)10-26-18-20-7-6-15(21-18)12-2-4-13(19)5-3-12/h2-9H,10H2,1H3,(H,22,25). The molecule has 0 aliphatic carbocycles. The van der Waals surface area contributed by atoms with Crippen molar-refractivity contribution < 1.29 is 0 Å². The van der Waals surface area contributed by atoms with Crippen LogP contribution < -0.4 is 5.56 Å². The van der Waals surface area contributed by atoms with Crippen molar-refractivity contribution in [1.29, 1.82) is 0 Å². The Kier molecular flexibility index (Phi) is 4.48. The summed E-state index contributed by atoms with van der Waals surface area (Å²) in [4.78, 5) is 23.5. The second-order valence-corrected chi connectivity index (χ2v) is 7.11. The van der Waals surface area contributed by atoms with Gasteiger partial charge in [-0.25, -0.2) is 14.5 Å². The molecule has 0 unspecified atom stereocenters. The number of H-pyrrole nitrogens is 1. The van der Waals surface area contributed by atoms with E-state index in [0.29, 0.717) is 21.6 Å². The summed E-state index contributed by atoms with van der Waals surface area (Å²) >= 11 is 7.39. The minimum atomic E-state index is -0.149. The number of aromatic amines is 1. The summed E-state index contributed by atoms with van der Waals surface area (Å²) in [6.07, 6.45) is 1.73. The van der Waals surface area contributed by atoms with Gasteiger partial charge in [0, 0.05) is 34.7 Å². The molecule has 6 nitrogen and oxygen atoms in total. The van der Waals surface area contributed by atoms with Gasteiger partial charge in [-0.2, -0.15) is 5.10 Å². The van der Waals surface area contributed by atoms with Crippen LogP contribution in [0.15, 0.2) is 58.6 Å². The second-order valence-electron chi connectivity index (χ2n) is 5.73. The van der Waals surface area contributed by atoms with E-state index >= 15 is 0 Å². The van der Waals surface area contributed by atoms with Gasteiger partial charge in [0.2, 0.25) is 0 Å². The quantitative estimate of drug-likeness (QED) is 0.429. The lowest BCUT2D eigenvalue weighted by Gasteiger charge is -2.05. The van der Waals surface area contributed by atoms with Crippen LogP contribution in [0.1, 0.15) is 11.4 Å². The molecule has 1 aromatic carbocycles. The van der Waals surface area contributed by atoms with Gasteiger partial charge in [-0.15, -0.1) is 0 Å². The van der Waals surface area contributed by atoms with E-state index in [1.165, 1.54) is 11.8 Å². The van der Waals surface area contributed by atoms with Gasteiger partial charge in [0.1, 0.15) is 5.65 Å². The fraction of sp³-hybridized carbons (Fsp3) is 0.111. The maximum absolute atomic E-state index is 11.8. The number of aryl methyl sites for hydroxylation is 1. The molecule has 0 atom stereocenters. The smallest absolute Gasteiger partial charge is 0.251 e. The molecular weight excluding hydrogens is 370 g/mol. The van der Waals surface area contributed by atoms with E-state index in [9.17, 15) is 4.79 Å². The Hall–Kier alpha value is -2.64. The predicted molar refractivity (Wildman–Crippen MR) is 103 cm³/mol. The normalized spacial score (nSPS) is 11.2. The molecule has 0 aliphatic heterocycles. The monoisotopic (exact) mass is 383 g/mol. The predicted octanol–water partition coefficient (Wildman–Crippen LogP) is 3.73. The summed E-state index contributed by atoms with van der Waals surface area (Å²) in [5.74, 6) is 0.533. The maximum Gasteiger partial charge on any atom is 0.251 e. The lowest BCUT2D eigenvalue weighted by Crippen LogP contribution is -2.11. The van der Waals surface area contributed by atoms with Crippen LogP contribution in [0, 0.1) is 6.92 Å². The van der Waals surface area contributed by atoms with E-state index in [4.69, 9.17) is 11.6 Å². The zero-order valence-corrected chi connectivity index (χ0v) is 15.4. The summed E-state index contributed by atoms with van der Waals surface area (Å²) in [6, 6.07) is 12.8. The molecule has 3 heterocycles. The van der Waals surface area contributed by atoms with Crippen LogP contribution >= 0.6 is 23.4 Å². The molecule has 0 aliphatic rings. The number of nitrogens with one attached hydrogen (secondary N) is 1. The third-order valence-electron chi connectivity index (χ3n) is 3.78. The minimum Gasteiger partial charge on any atom is -0.307 e. The van der Waals surface area contributed by atoms with Crippen molar-refractivity contribution in [2.75, 3.05) is 0 Å². The number of hydrogen-bond acceptors (Lipinski definition) is 5. The van der Waals surface area contributed by atoms with Crippen LogP contribution in [0.5, 0.6) is 0 Å². The Morgan fingerprint density at radius 2 is 2.00 bits per heavy atom. The van der Waals surface area contributed by atoms with E-state index in [0.717, 1.165) is 22.6 Å². The largest absolute Gasteiger partial charge is 0.307 e. The average molecular weight is 384 g/mol. The van der Waals surface area contributed by atoms with E-state index in [1.54, 1.807) is 16.8 Å². The van der Waals surface area contributed by atoms with E-state index in [2.05, 4.69) is 20.1 Å². The number of rotatable bonds is 4. The summed E-state index contributed by atoms with van der Waals surface area (Å²) in [6.45, 7) is 1.89. The number of fused-ring (bicyclic) bond motifs is 1. The van der Waals surface area contributed by atoms with Crippen molar-refractivity contribution in [3.8, 4) is 11.3 Å². The van der Waals surface area contributed by atoms with Crippen LogP contribution in [0.25, 0.3) is 16.9 Å². The Morgan fingerprint density at radius 3 is 2.81 bits per heavy atom.